The molecule has 0 spiro atoms. The highest BCUT2D eigenvalue weighted by Gasteiger charge is 2.46. The number of hydrogen-bond donors (Lipinski definition) is 5. The molecule has 0 unspecified atom stereocenters. The third-order valence-electron chi connectivity index (χ3n) is 5.02. The largest absolute Gasteiger partial charge is 0.394 e. The molecule has 0 radical (unpaired) electrons. The van der Waals surface area contributed by atoms with Crippen molar-refractivity contribution in [3.05, 3.63) is 0 Å². The summed E-state index contributed by atoms with van der Waals surface area (Å²) in [6, 6.07) is 0. The van der Waals surface area contributed by atoms with Crippen LogP contribution in [-0.2, 0) is 18.9 Å². The van der Waals surface area contributed by atoms with E-state index in [1.54, 1.807) is 0 Å². The maximum atomic E-state index is 10.1. The summed E-state index contributed by atoms with van der Waals surface area (Å²) in [4.78, 5) is 0. The zero-order chi connectivity index (χ0) is 19.8. The highest BCUT2D eigenvalue weighted by Crippen LogP contribution is 2.26. The molecule has 8 atom stereocenters. The van der Waals surface area contributed by atoms with Crippen molar-refractivity contribution in [2.45, 2.75) is 94.7 Å². The Kier molecular flexibility index (Phi) is 9.85. The van der Waals surface area contributed by atoms with Gasteiger partial charge < -0.3 is 44.5 Å². The van der Waals surface area contributed by atoms with Gasteiger partial charge in [0.05, 0.1) is 13.2 Å². The fourth-order valence-electron chi connectivity index (χ4n) is 3.26. The van der Waals surface area contributed by atoms with E-state index in [0.717, 1.165) is 19.3 Å². The lowest BCUT2D eigenvalue weighted by Crippen LogP contribution is -2.38. The summed E-state index contributed by atoms with van der Waals surface area (Å²) in [7, 11) is 0. The van der Waals surface area contributed by atoms with Gasteiger partial charge in [-0.25, -0.2) is 0 Å². The molecule has 27 heavy (non-hydrogen) atoms. The van der Waals surface area contributed by atoms with Crippen molar-refractivity contribution in [3.63, 3.8) is 0 Å². The molecule has 0 aromatic carbocycles. The van der Waals surface area contributed by atoms with Crippen LogP contribution in [0.2, 0.25) is 0 Å². The second kappa shape index (κ2) is 11.6. The molecule has 2 fully saturated rings. The molecule has 0 aromatic heterocycles. The van der Waals surface area contributed by atoms with Gasteiger partial charge in [-0.1, -0.05) is 39.0 Å². The highest BCUT2D eigenvalue weighted by molar-refractivity contribution is 4.89. The van der Waals surface area contributed by atoms with Gasteiger partial charge in [0.2, 0.25) is 0 Å². The van der Waals surface area contributed by atoms with Crippen LogP contribution in [0.5, 0.6) is 0 Å². The summed E-state index contributed by atoms with van der Waals surface area (Å²) in [5, 5.41) is 48.7. The van der Waals surface area contributed by atoms with Gasteiger partial charge in [-0.05, 0) is 6.42 Å². The molecule has 5 N–H and O–H groups in total. The van der Waals surface area contributed by atoms with E-state index in [1.165, 1.54) is 19.3 Å². The molecular formula is C18H34O9. The molecule has 9 heteroatoms. The first-order valence-electron chi connectivity index (χ1n) is 9.86. The van der Waals surface area contributed by atoms with Gasteiger partial charge in [0, 0.05) is 6.61 Å². The quantitative estimate of drug-likeness (QED) is 0.271. The van der Waals surface area contributed by atoms with Crippen molar-refractivity contribution in [3.8, 4) is 0 Å². The Bertz CT molecular complexity index is 410. The lowest BCUT2D eigenvalue weighted by Gasteiger charge is -2.20. The fraction of sp³-hybridized carbons (Fsp3) is 1.00. The standard InChI is InChI=1S/C18H34O9/c1-2-3-4-5-6-7-8-24-17-16(23)14(21)12(27-17)10-25-18-15(22)13(20)11(9-19)26-18/h11-23H,2-10H2,1H3/t11-,12-,13+,14-,15+,16+,17+,18+/m1/s1. The van der Waals surface area contributed by atoms with Gasteiger partial charge in [0.25, 0.3) is 0 Å². The molecule has 2 aliphatic heterocycles. The van der Waals surface area contributed by atoms with E-state index in [9.17, 15) is 20.4 Å². The van der Waals surface area contributed by atoms with Gasteiger partial charge in [-0.3, -0.25) is 0 Å². The minimum atomic E-state index is -1.31. The van der Waals surface area contributed by atoms with Crippen LogP contribution in [0.3, 0.4) is 0 Å². The first-order valence-corrected chi connectivity index (χ1v) is 9.86. The fourth-order valence-corrected chi connectivity index (χ4v) is 3.26. The maximum Gasteiger partial charge on any atom is 0.186 e. The zero-order valence-electron chi connectivity index (χ0n) is 15.9. The van der Waals surface area contributed by atoms with E-state index < -0.39 is 55.8 Å². The summed E-state index contributed by atoms with van der Waals surface area (Å²) >= 11 is 0. The van der Waals surface area contributed by atoms with E-state index >= 15 is 0 Å². The third kappa shape index (κ3) is 6.31. The van der Waals surface area contributed by atoms with Crippen LogP contribution in [-0.4, -0.2) is 94.6 Å². The molecule has 9 nitrogen and oxygen atoms in total. The molecule has 2 heterocycles. The summed E-state index contributed by atoms with van der Waals surface area (Å²) in [6.45, 7) is 1.98. The zero-order valence-corrected chi connectivity index (χ0v) is 15.9. The van der Waals surface area contributed by atoms with Crippen LogP contribution in [0.15, 0.2) is 0 Å². The third-order valence-corrected chi connectivity index (χ3v) is 5.02. The summed E-state index contributed by atoms with van der Waals surface area (Å²) in [5.74, 6) is 0. The normalized spacial score (nSPS) is 39.3. The maximum absolute atomic E-state index is 10.1. The van der Waals surface area contributed by atoms with E-state index in [0.29, 0.717) is 6.61 Å². The van der Waals surface area contributed by atoms with Gasteiger partial charge in [-0.15, -0.1) is 0 Å². The minimum Gasteiger partial charge on any atom is -0.394 e. The minimum absolute atomic E-state index is 0.165. The van der Waals surface area contributed by atoms with Gasteiger partial charge in [-0.2, -0.15) is 0 Å². The summed E-state index contributed by atoms with van der Waals surface area (Å²) in [5.41, 5.74) is 0. The predicted molar refractivity (Wildman–Crippen MR) is 93.7 cm³/mol. The molecular weight excluding hydrogens is 360 g/mol. The Labute approximate surface area is 159 Å². The highest BCUT2D eigenvalue weighted by atomic mass is 16.7. The molecule has 0 bridgehead atoms. The van der Waals surface area contributed by atoms with Crippen LogP contribution in [0.4, 0.5) is 0 Å². The van der Waals surface area contributed by atoms with Crippen molar-refractivity contribution in [2.24, 2.45) is 0 Å². The molecule has 160 valence electrons. The Balaban J connectivity index is 1.67. The van der Waals surface area contributed by atoms with Gasteiger partial charge >= 0.3 is 0 Å². The Hall–Kier alpha value is -0.360. The molecule has 0 saturated carbocycles. The van der Waals surface area contributed by atoms with E-state index in [1.807, 2.05) is 0 Å². The van der Waals surface area contributed by atoms with Crippen LogP contribution in [0.25, 0.3) is 0 Å². The number of unbranched alkanes of at least 4 members (excludes halogenated alkanes) is 5. The van der Waals surface area contributed by atoms with Crippen molar-refractivity contribution >= 4 is 0 Å². The Morgan fingerprint density at radius 3 is 1.89 bits per heavy atom. The van der Waals surface area contributed by atoms with Crippen LogP contribution in [0.1, 0.15) is 45.4 Å². The Morgan fingerprint density at radius 1 is 0.704 bits per heavy atom. The summed E-state index contributed by atoms with van der Waals surface area (Å²) in [6.07, 6.45) is -2.14. The van der Waals surface area contributed by atoms with Gasteiger partial charge in [0.1, 0.15) is 36.6 Å². The van der Waals surface area contributed by atoms with E-state index in [4.69, 9.17) is 24.1 Å². The predicted octanol–water partition coefficient (Wildman–Crippen LogP) is -0.734. The average Bonchev–Trinajstić information content (AvgIpc) is 3.10. The molecule has 0 aliphatic carbocycles. The van der Waals surface area contributed by atoms with Gasteiger partial charge in [0.15, 0.2) is 12.6 Å². The smallest absolute Gasteiger partial charge is 0.186 e. The Morgan fingerprint density at radius 2 is 1.26 bits per heavy atom. The molecule has 2 saturated heterocycles. The SMILES string of the molecule is CCCCCCCCO[C@H]1O[C@H](CO[C@H]2O[C@H](CO)[C@H](O)[C@@H]2O)[C@@H](O)[C@@H]1O. The molecule has 0 aromatic rings. The number of ether oxygens (including phenoxy) is 4. The van der Waals surface area contributed by atoms with Crippen molar-refractivity contribution < 1.29 is 44.5 Å². The van der Waals surface area contributed by atoms with Crippen LogP contribution in [0, 0.1) is 0 Å². The molecule has 0 amide bonds. The lowest BCUT2D eigenvalue weighted by molar-refractivity contribution is -0.206. The summed E-state index contributed by atoms with van der Waals surface area (Å²) < 4.78 is 21.6. The number of hydrogen-bond acceptors (Lipinski definition) is 9. The van der Waals surface area contributed by atoms with Crippen molar-refractivity contribution in [1.82, 2.24) is 0 Å². The molecule has 2 rings (SSSR count). The number of aliphatic hydroxyl groups excluding tert-OH is 5. The number of aliphatic hydroxyl groups is 5. The monoisotopic (exact) mass is 394 g/mol. The average molecular weight is 394 g/mol. The number of rotatable bonds is 12. The first-order chi connectivity index (χ1) is 13.0. The topological polar surface area (TPSA) is 138 Å². The first kappa shape index (κ1) is 22.9. The van der Waals surface area contributed by atoms with Crippen LogP contribution >= 0.6 is 0 Å². The lowest BCUT2D eigenvalue weighted by atomic mass is 10.1. The molecule has 2 aliphatic rings. The van der Waals surface area contributed by atoms with E-state index in [2.05, 4.69) is 6.92 Å². The van der Waals surface area contributed by atoms with Crippen LogP contribution < -0.4 is 0 Å². The van der Waals surface area contributed by atoms with Crippen molar-refractivity contribution in [1.29, 1.82) is 0 Å². The van der Waals surface area contributed by atoms with Crippen molar-refractivity contribution in [2.75, 3.05) is 19.8 Å². The second-order valence-corrected chi connectivity index (χ2v) is 7.20. The second-order valence-electron chi connectivity index (χ2n) is 7.20. The van der Waals surface area contributed by atoms with E-state index in [-0.39, 0.29) is 6.61 Å².